The van der Waals surface area contributed by atoms with Gasteiger partial charge in [-0.2, -0.15) is 0 Å². The van der Waals surface area contributed by atoms with Crippen LogP contribution in [-0.2, 0) is 11.2 Å². The van der Waals surface area contributed by atoms with E-state index < -0.39 is 0 Å². The van der Waals surface area contributed by atoms with Crippen LogP contribution in [0.4, 0.5) is 4.39 Å². The zero-order valence-corrected chi connectivity index (χ0v) is 22.7. The highest BCUT2D eigenvalue weighted by Gasteiger charge is 2.48. The van der Waals surface area contributed by atoms with E-state index in [4.69, 9.17) is 4.74 Å². The SMILES string of the molecule is CC.CCC(O)Cc1ccc(C(=O)c2ccc(F)cc2)c(C)c1.COC(C)(C)C(C)(C)C1CC1. The van der Waals surface area contributed by atoms with E-state index in [2.05, 4.69) is 27.7 Å². The van der Waals surface area contributed by atoms with E-state index in [1.807, 2.05) is 46.9 Å². The minimum Gasteiger partial charge on any atom is -0.393 e. The Balaban J connectivity index is 0.000000374. The van der Waals surface area contributed by atoms with Crippen LogP contribution in [0, 0.1) is 24.1 Å². The van der Waals surface area contributed by atoms with Crippen LogP contribution in [0.3, 0.4) is 0 Å². The third-order valence-electron chi connectivity index (χ3n) is 7.24. The number of carbonyl (C=O) groups excluding carboxylic acids is 1. The number of hydrogen-bond donors (Lipinski definition) is 1. The molecule has 2 aromatic carbocycles. The van der Waals surface area contributed by atoms with E-state index in [0.717, 1.165) is 17.0 Å². The van der Waals surface area contributed by atoms with Crippen molar-refractivity contribution >= 4 is 5.78 Å². The number of ketones is 1. The molecular weight excluding hydrogens is 427 g/mol. The van der Waals surface area contributed by atoms with Gasteiger partial charge in [0, 0.05) is 18.2 Å². The number of benzene rings is 2. The third-order valence-corrected chi connectivity index (χ3v) is 7.24. The smallest absolute Gasteiger partial charge is 0.193 e. The molecular formula is C30H45FO3. The summed E-state index contributed by atoms with van der Waals surface area (Å²) in [6.45, 7) is 16.8. The summed E-state index contributed by atoms with van der Waals surface area (Å²) in [6.07, 6.45) is 3.71. The molecule has 0 radical (unpaired) electrons. The van der Waals surface area contributed by atoms with Crippen molar-refractivity contribution in [1.29, 1.82) is 0 Å². The number of aliphatic hydroxyl groups is 1. The van der Waals surface area contributed by atoms with Gasteiger partial charge in [0.25, 0.3) is 0 Å². The molecule has 0 saturated heterocycles. The average Bonchev–Trinajstić information content (AvgIpc) is 3.67. The predicted molar refractivity (Wildman–Crippen MR) is 140 cm³/mol. The molecule has 1 fully saturated rings. The largest absolute Gasteiger partial charge is 0.393 e. The van der Waals surface area contributed by atoms with Gasteiger partial charge < -0.3 is 9.84 Å². The molecule has 1 aliphatic carbocycles. The molecule has 1 saturated carbocycles. The summed E-state index contributed by atoms with van der Waals surface area (Å²) in [5.41, 5.74) is 3.32. The second kappa shape index (κ2) is 13.2. The van der Waals surface area contributed by atoms with E-state index in [9.17, 15) is 14.3 Å². The lowest BCUT2D eigenvalue weighted by Gasteiger charge is -2.40. The van der Waals surface area contributed by atoms with Gasteiger partial charge in [-0.1, -0.05) is 52.8 Å². The second-order valence-electron chi connectivity index (χ2n) is 9.96. The van der Waals surface area contributed by atoms with Gasteiger partial charge >= 0.3 is 0 Å². The molecule has 1 aliphatic rings. The van der Waals surface area contributed by atoms with Crippen LogP contribution in [0.2, 0.25) is 0 Å². The van der Waals surface area contributed by atoms with Crippen molar-refractivity contribution in [3.05, 3.63) is 70.5 Å². The second-order valence-corrected chi connectivity index (χ2v) is 9.96. The first kappa shape index (κ1) is 30.0. The van der Waals surface area contributed by atoms with Crippen LogP contribution in [0.25, 0.3) is 0 Å². The van der Waals surface area contributed by atoms with Crippen LogP contribution in [0.1, 0.15) is 94.8 Å². The van der Waals surface area contributed by atoms with Crippen LogP contribution < -0.4 is 0 Å². The standard InChI is InChI=1S/C18H19FO2.C10H20O.C2H6/c1-3-16(20)11-13-4-9-17(12(2)10-13)18(21)14-5-7-15(19)8-6-14;1-9(2,8-6-7-8)10(3,4)11-5;1-2/h4-10,16,20H,3,11H2,1-2H3;8H,6-7H2,1-5H3;1-2H3. The topological polar surface area (TPSA) is 46.5 Å². The van der Waals surface area contributed by atoms with Gasteiger partial charge in [0.05, 0.1) is 11.7 Å². The molecule has 0 amide bonds. The number of rotatable bonds is 8. The molecule has 3 nitrogen and oxygen atoms in total. The minimum atomic E-state index is -0.358. The molecule has 2 aromatic rings. The summed E-state index contributed by atoms with van der Waals surface area (Å²) >= 11 is 0. The van der Waals surface area contributed by atoms with Crippen molar-refractivity contribution in [2.45, 2.75) is 92.8 Å². The Labute approximate surface area is 206 Å². The molecule has 1 N–H and O–H groups in total. The van der Waals surface area contributed by atoms with Crippen LogP contribution in [0.15, 0.2) is 42.5 Å². The lowest BCUT2D eigenvalue weighted by atomic mass is 9.73. The molecule has 34 heavy (non-hydrogen) atoms. The highest BCUT2D eigenvalue weighted by Crippen LogP contribution is 2.52. The molecule has 0 aliphatic heterocycles. The molecule has 0 spiro atoms. The first-order valence-corrected chi connectivity index (χ1v) is 12.6. The summed E-state index contributed by atoms with van der Waals surface area (Å²) in [5, 5.41) is 9.68. The van der Waals surface area contributed by atoms with Gasteiger partial charge in [0.15, 0.2) is 5.78 Å². The van der Waals surface area contributed by atoms with Gasteiger partial charge in [0.2, 0.25) is 0 Å². The molecule has 1 atom stereocenters. The van der Waals surface area contributed by atoms with Gasteiger partial charge in [-0.25, -0.2) is 4.39 Å². The van der Waals surface area contributed by atoms with Crippen molar-refractivity contribution in [1.82, 2.24) is 0 Å². The van der Waals surface area contributed by atoms with Gasteiger partial charge in [-0.3, -0.25) is 4.79 Å². The Morgan fingerprint density at radius 3 is 2.09 bits per heavy atom. The Kier molecular flexibility index (Phi) is 11.6. The quantitative estimate of drug-likeness (QED) is 0.403. The highest BCUT2D eigenvalue weighted by molar-refractivity contribution is 6.09. The number of halogens is 1. The molecule has 0 aromatic heterocycles. The number of methoxy groups -OCH3 is 1. The normalized spacial score (nSPS) is 14.3. The fraction of sp³-hybridized carbons (Fsp3) is 0.567. The highest BCUT2D eigenvalue weighted by atomic mass is 19.1. The third kappa shape index (κ3) is 8.02. The maximum Gasteiger partial charge on any atom is 0.193 e. The van der Waals surface area contributed by atoms with E-state index in [-0.39, 0.29) is 23.3 Å². The summed E-state index contributed by atoms with van der Waals surface area (Å²) in [4.78, 5) is 12.4. The minimum absolute atomic E-state index is 0.0220. The van der Waals surface area contributed by atoms with Crippen molar-refractivity contribution in [3.8, 4) is 0 Å². The first-order valence-electron chi connectivity index (χ1n) is 12.6. The average molecular weight is 473 g/mol. The maximum absolute atomic E-state index is 12.9. The predicted octanol–water partition coefficient (Wildman–Crippen LogP) is 7.55. The molecule has 4 heteroatoms. The lowest BCUT2D eigenvalue weighted by Crippen LogP contribution is -2.42. The number of carbonyl (C=O) groups is 1. The summed E-state index contributed by atoms with van der Waals surface area (Å²) in [5.74, 6) is 0.416. The number of hydrogen-bond acceptors (Lipinski definition) is 3. The van der Waals surface area contributed by atoms with Crippen molar-refractivity contribution in [2.24, 2.45) is 11.3 Å². The monoisotopic (exact) mass is 472 g/mol. The van der Waals surface area contributed by atoms with Crippen LogP contribution >= 0.6 is 0 Å². The number of ether oxygens (including phenoxy) is 1. The Morgan fingerprint density at radius 2 is 1.65 bits per heavy atom. The summed E-state index contributed by atoms with van der Waals surface area (Å²) < 4.78 is 18.4. The molecule has 190 valence electrons. The zero-order chi connectivity index (χ0) is 26.1. The fourth-order valence-electron chi connectivity index (χ4n) is 3.84. The Bertz CT molecular complexity index is 896. The van der Waals surface area contributed by atoms with Crippen molar-refractivity contribution in [3.63, 3.8) is 0 Å². The van der Waals surface area contributed by atoms with E-state index in [0.29, 0.717) is 29.4 Å². The Morgan fingerprint density at radius 1 is 1.09 bits per heavy atom. The number of aryl methyl sites for hydroxylation is 1. The number of aliphatic hydroxyl groups excluding tert-OH is 1. The van der Waals surface area contributed by atoms with Crippen LogP contribution in [0.5, 0.6) is 0 Å². The molecule has 1 unspecified atom stereocenters. The Hall–Kier alpha value is -2.04. The summed E-state index contributed by atoms with van der Waals surface area (Å²) in [6, 6.07) is 11.1. The van der Waals surface area contributed by atoms with Gasteiger partial charge in [0.1, 0.15) is 5.82 Å². The molecule has 0 heterocycles. The molecule has 3 rings (SSSR count). The van der Waals surface area contributed by atoms with E-state index in [1.165, 1.54) is 37.1 Å². The molecule has 0 bridgehead atoms. The maximum atomic E-state index is 12.9. The van der Waals surface area contributed by atoms with Crippen molar-refractivity contribution in [2.75, 3.05) is 7.11 Å². The zero-order valence-electron chi connectivity index (χ0n) is 22.7. The first-order chi connectivity index (χ1) is 15.9. The van der Waals surface area contributed by atoms with Gasteiger partial charge in [-0.05, 0) is 93.2 Å². The fourth-order valence-corrected chi connectivity index (χ4v) is 3.84. The van der Waals surface area contributed by atoms with Crippen molar-refractivity contribution < 1.29 is 19.0 Å². The van der Waals surface area contributed by atoms with E-state index in [1.54, 1.807) is 6.07 Å². The summed E-state index contributed by atoms with van der Waals surface area (Å²) in [7, 11) is 1.81. The van der Waals surface area contributed by atoms with Crippen LogP contribution in [-0.4, -0.2) is 29.7 Å². The van der Waals surface area contributed by atoms with Gasteiger partial charge in [-0.15, -0.1) is 0 Å². The van der Waals surface area contributed by atoms with E-state index >= 15 is 0 Å². The lowest BCUT2D eigenvalue weighted by molar-refractivity contribution is -0.0812.